The molecule has 0 saturated carbocycles. The van der Waals surface area contributed by atoms with Crippen LogP contribution in [-0.2, 0) is 16.0 Å². The molecule has 54 heavy (non-hydrogen) atoms. The molecule has 0 aliphatic carbocycles. The fourth-order valence-electron chi connectivity index (χ4n) is 5.99. The van der Waals surface area contributed by atoms with Crippen molar-refractivity contribution in [1.29, 1.82) is 5.26 Å². The van der Waals surface area contributed by atoms with Crippen LogP contribution < -0.4 is 31.3 Å². The molecule has 0 aliphatic rings. The Labute approximate surface area is 317 Å². The number of carbonyl (C=O) groups excluding carboxylic acids is 4. The number of rotatable bonds is 17. The van der Waals surface area contributed by atoms with Crippen molar-refractivity contribution >= 4 is 23.6 Å². The monoisotopic (exact) mass is 730 g/mol. The highest BCUT2D eigenvalue weighted by atomic mass is 16.5. The molecule has 4 atom stereocenters. The summed E-state index contributed by atoms with van der Waals surface area (Å²) >= 11 is 0. The van der Waals surface area contributed by atoms with E-state index in [2.05, 4.69) is 32.7 Å². The number of benzene rings is 4. The summed E-state index contributed by atoms with van der Waals surface area (Å²) in [6.45, 7) is 9.82. The molecule has 0 unspecified atom stereocenters. The van der Waals surface area contributed by atoms with Gasteiger partial charge in [0.1, 0.15) is 11.8 Å². The van der Waals surface area contributed by atoms with Gasteiger partial charge in [-0.2, -0.15) is 5.26 Å². The van der Waals surface area contributed by atoms with Gasteiger partial charge in [0.2, 0.25) is 11.8 Å². The zero-order valence-corrected chi connectivity index (χ0v) is 31.7. The van der Waals surface area contributed by atoms with E-state index in [1.54, 1.807) is 37.3 Å². The van der Waals surface area contributed by atoms with Gasteiger partial charge < -0.3 is 31.3 Å². The van der Waals surface area contributed by atoms with Crippen LogP contribution in [0.4, 0.5) is 0 Å². The fourth-order valence-corrected chi connectivity index (χ4v) is 5.99. The van der Waals surface area contributed by atoms with Crippen LogP contribution in [0, 0.1) is 17.2 Å². The first-order valence-corrected chi connectivity index (χ1v) is 18.2. The minimum absolute atomic E-state index is 0.122. The molecule has 4 rings (SSSR count). The van der Waals surface area contributed by atoms with Crippen molar-refractivity contribution in [1.82, 2.24) is 26.6 Å². The summed E-state index contributed by atoms with van der Waals surface area (Å²) in [4.78, 5) is 53.7. The predicted molar refractivity (Wildman–Crippen MR) is 210 cm³/mol. The highest BCUT2D eigenvalue weighted by molar-refractivity contribution is 6.02. The lowest BCUT2D eigenvalue weighted by Gasteiger charge is -2.25. The van der Waals surface area contributed by atoms with Crippen LogP contribution in [0.25, 0.3) is 11.1 Å². The molecule has 0 radical (unpaired) electrons. The van der Waals surface area contributed by atoms with Gasteiger partial charge in [-0.15, -0.1) is 0 Å². The maximum Gasteiger partial charge on any atom is 0.251 e. The molecule has 0 aromatic heterocycles. The van der Waals surface area contributed by atoms with E-state index in [0.717, 1.165) is 11.1 Å². The normalized spacial score (nSPS) is 13.1. The van der Waals surface area contributed by atoms with Crippen LogP contribution in [0.5, 0.6) is 5.75 Å². The van der Waals surface area contributed by atoms with E-state index in [-0.39, 0.29) is 41.4 Å². The SMILES string of the molecule is CCNC(=O)[C@@H](NC(=O)[C@H](C)NC[C@H](Cc1ccccc1)NC(=O)c1cc(C(=O)N[C@H](C)c2ccccc2)cc(-c2cc(OC)ccc2C#N)c1)C(C)C. The standard InChI is InChI=1S/C43H50N6O5/c1-7-45-43(53)39(27(2)3)49-40(50)29(5)46-26-36(20-30-14-10-8-11-15-30)48-42(52)35-22-33(38-24-37(54-6)19-18-32(38)25-44)21-34(23-35)41(51)47-28(4)31-16-12-9-13-17-31/h8-19,21-24,27-29,36,39,46H,7,20,26H2,1-6H3,(H,45,53)(H,47,51)(H,48,52)(H,49,50)/t28-,29+,36+,39+/m1/s1. The summed E-state index contributed by atoms with van der Waals surface area (Å²) in [7, 11) is 1.52. The van der Waals surface area contributed by atoms with Gasteiger partial charge in [-0.25, -0.2) is 0 Å². The summed E-state index contributed by atoms with van der Waals surface area (Å²) in [5.41, 5.74) is 3.68. The molecule has 4 amide bonds. The van der Waals surface area contributed by atoms with E-state index in [0.29, 0.717) is 35.4 Å². The molecule has 0 aliphatic heterocycles. The molecule has 0 heterocycles. The lowest BCUT2D eigenvalue weighted by Crippen LogP contribution is -2.55. The number of hydrogen-bond donors (Lipinski definition) is 5. The molecular formula is C43H50N6O5. The molecule has 4 aromatic carbocycles. The van der Waals surface area contributed by atoms with Crippen molar-refractivity contribution in [3.63, 3.8) is 0 Å². The van der Waals surface area contributed by atoms with E-state index in [1.807, 2.05) is 88.4 Å². The summed E-state index contributed by atoms with van der Waals surface area (Å²) in [5.74, 6) is -1.03. The molecule has 0 spiro atoms. The number of nitriles is 1. The maximum absolute atomic E-state index is 14.2. The van der Waals surface area contributed by atoms with Gasteiger partial charge in [0.05, 0.1) is 30.8 Å². The number of amides is 4. The fraction of sp³-hybridized carbons (Fsp3) is 0.326. The van der Waals surface area contributed by atoms with Crippen molar-refractivity contribution in [3.05, 3.63) is 125 Å². The third-order valence-corrected chi connectivity index (χ3v) is 9.08. The average molecular weight is 731 g/mol. The first-order valence-electron chi connectivity index (χ1n) is 18.2. The molecule has 11 heteroatoms. The van der Waals surface area contributed by atoms with E-state index >= 15 is 0 Å². The van der Waals surface area contributed by atoms with Crippen LogP contribution in [0.1, 0.15) is 78.1 Å². The smallest absolute Gasteiger partial charge is 0.251 e. The Hall–Kier alpha value is -5.99. The number of carbonyl (C=O) groups is 4. The van der Waals surface area contributed by atoms with E-state index in [9.17, 15) is 24.4 Å². The number of hydrogen-bond acceptors (Lipinski definition) is 7. The minimum atomic E-state index is -0.693. The van der Waals surface area contributed by atoms with Gasteiger partial charge in [0.15, 0.2) is 0 Å². The lowest BCUT2D eigenvalue weighted by atomic mass is 9.95. The Morgan fingerprint density at radius 2 is 1.39 bits per heavy atom. The third-order valence-electron chi connectivity index (χ3n) is 9.08. The molecule has 5 N–H and O–H groups in total. The molecule has 11 nitrogen and oxygen atoms in total. The molecule has 4 aromatic rings. The Kier molecular flexibility index (Phi) is 14.9. The number of ether oxygens (including phenoxy) is 1. The van der Waals surface area contributed by atoms with Crippen molar-refractivity contribution in [2.24, 2.45) is 5.92 Å². The Bertz CT molecular complexity index is 1940. The van der Waals surface area contributed by atoms with Gasteiger partial charge in [0, 0.05) is 35.8 Å². The average Bonchev–Trinajstić information content (AvgIpc) is 3.18. The van der Waals surface area contributed by atoms with Crippen LogP contribution in [0.2, 0.25) is 0 Å². The van der Waals surface area contributed by atoms with Gasteiger partial charge in [-0.3, -0.25) is 19.2 Å². The molecular weight excluding hydrogens is 681 g/mol. The first kappa shape index (κ1) is 40.8. The van der Waals surface area contributed by atoms with Gasteiger partial charge in [-0.05, 0) is 86.2 Å². The number of nitrogens with one attached hydrogen (secondary N) is 5. The summed E-state index contributed by atoms with van der Waals surface area (Å²) < 4.78 is 5.44. The van der Waals surface area contributed by atoms with E-state index in [1.165, 1.54) is 13.2 Å². The van der Waals surface area contributed by atoms with Crippen LogP contribution in [0.3, 0.4) is 0 Å². The zero-order chi connectivity index (χ0) is 39.2. The van der Waals surface area contributed by atoms with E-state index in [4.69, 9.17) is 4.74 Å². The molecule has 0 fully saturated rings. The van der Waals surface area contributed by atoms with Crippen LogP contribution in [-0.4, -0.2) is 62.0 Å². The Morgan fingerprint density at radius 3 is 1.98 bits per heavy atom. The van der Waals surface area contributed by atoms with Gasteiger partial charge >= 0.3 is 0 Å². The second-order valence-electron chi connectivity index (χ2n) is 13.5. The number of likely N-dealkylation sites (N-methyl/N-ethyl adjacent to an activating group) is 1. The van der Waals surface area contributed by atoms with Crippen molar-refractivity contribution in [3.8, 4) is 22.9 Å². The van der Waals surface area contributed by atoms with Crippen LogP contribution in [0.15, 0.2) is 97.1 Å². The summed E-state index contributed by atoms with van der Waals surface area (Å²) in [5, 5.41) is 25.0. The summed E-state index contributed by atoms with van der Waals surface area (Å²) in [6, 6.07) is 29.1. The lowest BCUT2D eigenvalue weighted by molar-refractivity contribution is -0.130. The topological polar surface area (TPSA) is 161 Å². The second-order valence-corrected chi connectivity index (χ2v) is 13.5. The first-order chi connectivity index (χ1) is 25.9. The van der Waals surface area contributed by atoms with E-state index < -0.39 is 29.9 Å². The Balaban J connectivity index is 1.64. The maximum atomic E-state index is 14.2. The van der Waals surface area contributed by atoms with Crippen molar-refractivity contribution in [2.45, 2.75) is 65.2 Å². The number of methoxy groups -OCH3 is 1. The number of nitrogens with zero attached hydrogens (tertiary/aromatic N) is 1. The molecule has 0 saturated heterocycles. The predicted octanol–water partition coefficient (Wildman–Crippen LogP) is 5.32. The molecule has 0 bridgehead atoms. The Morgan fingerprint density at radius 1 is 0.759 bits per heavy atom. The summed E-state index contributed by atoms with van der Waals surface area (Å²) in [6.07, 6.45) is 0.442. The quantitative estimate of drug-likeness (QED) is 0.0983. The second kappa shape index (κ2) is 19.7. The highest BCUT2D eigenvalue weighted by Gasteiger charge is 2.27. The van der Waals surface area contributed by atoms with Crippen molar-refractivity contribution in [2.75, 3.05) is 20.2 Å². The van der Waals surface area contributed by atoms with Crippen LogP contribution >= 0.6 is 0 Å². The minimum Gasteiger partial charge on any atom is -0.497 e. The largest absolute Gasteiger partial charge is 0.497 e. The third kappa shape index (κ3) is 11.3. The highest BCUT2D eigenvalue weighted by Crippen LogP contribution is 2.30. The van der Waals surface area contributed by atoms with Crippen molar-refractivity contribution < 1.29 is 23.9 Å². The van der Waals surface area contributed by atoms with Gasteiger partial charge in [0.25, 0.3) is 11.8 Å². The molecule has 282 valence electrons. The van der Waals surface area contributed by atoms with Gasteiger partial charge in [-0.1, -0.05) is 74.5 Å². The zero-order valence-electron chi connectivity index (χ0n) is 31.7.